The molecule has 0 saturated heterocycles. The summed E-state index contributed by atoms with van der Waals surface area (Å²) in [5.41, 5.74) is 5.90. The monoisotopic (exact) mass is 251 g/mol. The number of benzene rings is 1. The molecular formula is C14H21NO3. The molecule has 1 aromatic carbocycles. The molecule has 3 atom stereocenters. The minimum atomic E-state index is 0.00532. The number of rotatable bonds is 6. The molecule has 0 aliphatic heterocycles. The summed E-state index contributed by atoms with van der Waals surface area (Å²) in [5, 5.41) is 0. The number of hydrogen-bond acceptors (Lipinski definition) is 4. The first-order valence-electron chi connectivity index (χ1n) is 6.51. The third kappa shape index (κ3) is 2.94. The topological polar surface area (TPSA) is 53.7 Å². The zero-order valence-corrected chi connectivity index (χ0v) is 11.0. The van der Waals surface area contributed by atoms with Crippen LogP contribution in [0.5, 0.6) is 11.5 Å². The molecule has 2 rings (SSSR count). The Morgan fingerprint density at radius 1 is 1.22 bits per heavy atom. The van der Waals surface area contributed by atoms with E-state index in [2.05, 4.69) is 0 Å². The Hall–Kier alpha value is -1.26. The van der Waals surface area contributed by atoms with Crippen LogP contribution in [0.15, 0.2) is 24.3 Å². The first kappa shape index (κ1) is 13.2. The SMILES string of the molecule is CCOc1cccc(OC2CC(N)C2OCC)c1. The summed E-state index contributed by atoms with van der Waals surface area (Å²) < 4.78 is 16.9. The van der Waals surface area contributed by atoms with Crippen LogP contribution in [-0.4, -0.2) is 31.5 Å². The normalized spacial score (nSPS) is 26.5. The third-order valence-corrected chi connectivity index (χ3v) is 3.06. The van der Waals surface area contributed by atoms with Gasteiger partial charge in [-0.2, -0.15) is 0 Å². The number of ether oxygens (including phenoxy) is 3. The average Bonchev–Trinajstić information content (AvgIpc) is 2.36. The van der Waals surface area contributed by atoms with E-state index >= 15 is 0 Å². The van der Waals surface area contributed by atoms with Crippen molar-refractivity contribution in [2.75, 3.05) is 13.2 Å². The maximum Gasteiger partial charge on any atom is 0.128 e. The van der Waals surface area contributed by atoms with E-state index < -0.39 is 0 Å². The van der Waals surface area contributed by atoms with Gasteiger partial charge < -0.3 is 19.9 Å². The summed E-state index contributed by atoms with van der Waals surface area (Å²) in [6.45, 7) is 5.25. The highest BCUT2D eigenvalue weighted by Gasteiger charge is 2.41. The molecule has 0 amide bonds. The van der Waals surface area contributed by atoms with Crippen molar-refractivity contribution in [1.82, 2.24) is 0 Å². The van der Waals surface area contributed by atoms with Crippen LogP contribution in [0.2, 0.25) is 0 Å². The summed E-state index contributed by atoms with van der Waals surface area (Å²) in [4.78, 5) is 0. The van der Waals surface area contributed by atoms with Gasteiger partial charge >= 0.3 is 0 Å². The minimum absolute atomic E-state index is 0.00532. The second-order valence-electron chi connectivity index (χ2n) is 4.38. The van der Waals surface area contributed by atoms with Crippen molar-refractivity contribution in [2.24, 2.45) is 5.73 Å². The summed E-state index contributed by atoms with van der Waals surface area (Å²) in [7, 11) is 0. The minimum Gasteiger partial charge on any atom is -0.494 e. The maximum atomic E-state index is 5.90. The van der Waals surface area contributed by atoms with Crippen molar-refractivity contribution in [2.45, 2.75) is 38.5 Å². The fourth-order valence-electron chi connectivity index (χ4n) is 2.13. The zero-order chi connectivity index (χ0) is 13.0. The Bertz CT molecular complexity index is 383. The smallest absolute Gasteiger partial charge is 0.128 e. The Morgan fingerprint density at radius 2 is 2.00 bits per heavy atom. The molecule has 4 heteroatoms. The molecule has 0 radical (unpaired) electrons. The molecule has 4 nitrogen and oxygen atoms in total. The van der Waals surface area contributed by atoms with Crippen LogP contribution in [0.1, 0.15) is 20.3 Å². The highest BCUT2D eigenvalue weighted by Crippen LogP contribution is 2.29. The van der Waals surface area contributed by atoms with Gasteiger partial charge in [-0.15, -0.1) is 0 Å². The van der Waals surface area contributed by atoms with E-state index in [1.165, 1.54) is 0 Å². The fraction of sp³-hybridized carbons (Fsp3) is 0.571. The van der Waals surface area contributed by atoms with Crippen molar-refractivity contribution in [1.29, 1.82) is 0 Å². The van der Waals surface area contributed by atoms with Gasteiger partial charge in [-0.05, 0) is 26.0 Å². The first-order chi connectivity index (χ1) is 8.74. The molecule has 0 bridgehead atoms. The molecule has 1 aromatic rings. The summed E-state index contributed by atoms with van der Waals surface area (Å²) in [6.07, 6.45) is 0.895. The second kappa shape index (κ2) is 6.07. The molecule has 3 unspecified atom stereocenters. The van der Waals surface area contributed by atoms with E-state index in [1.54, 1.807) is 0 Å². The van der Waals surface area contributed by atoms with Crippen LogP contribution in [0.3, 0.4) is 0 Å². The fourth-order valence-corrected chi connectivity index (χ4v) is 2.13. The van der Waals surface area contributed by atoms with Gasteiger partial charge in [0.2, 0.25) is 0 Å². The van der Waals surface area contributed by atoms with Gasteiger partial charge in [-0.3, -0.25) is 0 Å². The van der Waals surface area contributed by atoms with Gasteiger partial charge in [-0.1, -0.05) is 6.07 Å². The molecule has 2 N–H and O–H groups in total. The van der Waals surface area contributed by atoms with Gasteiger partial charge in [0, 0.05) is 25.1 Å². The zero-order valence-electron chi connectivity index (χ0n) is 11.0. The van der Waals surface area contributed by atoms with Crippen LogP contribution in [0, 0.1) is 0 Å². The van der Waals surface area contributed by atoms with Gasteiger partial charge in [0.15, 0.2) is 0 Å². The number of nitrogens with two attached hydrogens (primary N) is 1. The van der Waals surface area contributed by atoms with Crippen molar-refractivity contribution in [3.05, 3.63) is 24.3 Å². The Morgan fingerprint density at radius 3 is 2.67 bits per heavy atom. The van der Waals surface area contributed by atoms with E-state index in [4.69, 9.17) is 19.9 Å². The molecule has 0 heterocycles. The summed E-state index contributed by atoms with van der Waals surface area (Å²) in [5.74, 6) is 1.63. The highest BCUT2D eigenvalue weighted by molar-refractivity contribution is 5.33. The van der Waals surface area contributed by atoms with Crippen LogP contribution in [0.25, 0.3) is 0 Å². The van der Waals surface area contributed by atoms with Gasteiger partial charge in [0.1, 0.15) is 23.7 Å². The Balaban J connectivity index is 1.95. The van der Waals surface area contributed by atoms with E-state index in [0.717, 1.165) is 17.9 Å². The molecule has 1 fully saturated rings. The molecule has 1 saturated carbocycles. The van der Waals surface area contributed by atoms with Crippen LogP contribution < -0.4 is 15.2 Å². The van der Waals surface area contributed by atoms with Crippen molar-refractivity contribution < 1.29 is 14.2 Å². The van der Waals surface area contributed by atoms with E-state index in [9.17, 15) is 0 Å². The molecule has 0 spiro atoms. The Labute approximate surface area is 108 Å². The van der Waals surface area contributed by atoms with Crippen molar-refractivity contribution in [3.8, 4) is 11.5 Å². The largest absolute Gasteiger partial charge is 0.494 e. The summed E-state index contributed by atoms with van der Waals surface area (Å²) in [6, 6.07) is 7.76. The standard InChI is InChI=1S/C14H21NO3/c1-3-16-10-6-5-7-11(8-10)18-13-9-12(15)14(13)17-4-2/h5-8,12-14H,3-4,9,15H2,1-2H3. The molecule has 1 aliphatic carbocycles. The second-order valence-corrected chi connectivity index (χ2v) is 4.38. The lowest BCUT2D eigenvalue weighted by Crippen LogP contribution is -2.59. The van der Waals surface area contributed by atoms with E-state index in [0.29, 0.717) is 13.2 Å². The number of hydrogen-bond donors (Lipinski definition) is 1. The quantitative estimate of drug-likeness (QED) is 0.840. The average molecular weight is 251 g/mol. The lowest BCUT2D eigenvalue weighted by atomic mass is 9.86. The maximum absolute atomic E-state index is 5.90. The molecule has 100 valence electrons. The van der Waals surface area contributed by atoms with Crippen LogP contribution >= 0.6 is 0 Å². The lowest BCUT2D eigenvalue weighted by Gasteiger charge is -2.41. The summed E-state index contributed by atoms with van der Waals surface area (Å²) >= 11 is 0. The van der Waals surface area contributed by atoms with Crippen molar-refractivity contribution in [3.63, 3.8) is 0 Å². The molecule has 0 aromatic heterocycles. The molecule has 1 aliphatic rings. The first-order valence-corrected chi connectivity index (χ1v) is 6.51. The van der Waals surface area contributed by atoms with Crippen LogP contribution in [0.4, 0.5) is 0 Å². The molecular weight excluding hydrogens is 230 g/mol. The molecule has 18 heavy (non-hydrogen) atoms. The van der Waals surface area contributed by atoms with Gasteiger partial charge in [0.05, 0.1) is 6.61 Å². The highest BCUT2D eigenvalue weighted by atomic mass is 16.5. The van der Waals surface area contributed by atoms with Crippen molar-refractivity contribution >= 4 is 0 Å². The third-order valence-electron chi connectivity index (χ3n) is 3.06. The predicted octanol–water partition coefficient (Wildman–Crippen LogP) is 1.97. The van der Waals surface area contributed by atoms with Gasteiger partial charge in [0.25, 0.3) is 0 Å². The predicted molar refractivity (Wildman–Crippen MR) is 70.0 cm³/mol. The van der Waals surface area contributed by atoms with E-state index in [1.807, 2.05) is 38.1 Å². The van der Waals surface area contributed by atoms with Gasteiger partial charge in [-0.25, -0.2) is 0 Å². The Kier molecular flexibility index (Phi) is 4.44. The lowest BCUT2D eigenvalue weighted by molar-refractivity contribution is -0.0945. The van der Waals surface area contributed by atoms with E-state index in [-0.39, 0.29) is 18.2 Å². The van der Waals surface area contributed by atoms with Crippen LogP contribution in [-0.2, 0) is 4.74 Å².